The van der Waals surface area contributed by atoms with Gasteiger partial charge in [-0.25, -0.2) is 4.79 Å². The molecule has 2 heterocycles. The number of aryl methyl sites for hydroxylation is 1. The van der Waals surface area contributed by atoms with E-state index in [2.05, 4.69) is 20.8 Å². The van der Waals surface area contributed by atoms with Crippen molar-refractivity contribution in [2.45, 2.75) is 0 Å². The van der Waals surface area contributed by atoms with Crippen LogP contribution in [0.3, 0.4) is 0 Å². The van der Waals surface area contributed by atoms with Crippen LogP contribution >= 0.6 is 15.9 Å². The maximum atomic E-state index is 12.3. The van der Waals surface area contributed by atoms with E-state index in [1.165, 1.54) is 7.11 Å². The normalized spacial score (nSPS) is 14.8. The van der Waals surface area contributed by atoms with Crippen molar-refractivity contribution in [1.29, 1.82) is 0 Å². The highest BCUT2D eigenvalue weighted by Crippen LogP contribution is 2.37. The van der Waals surface area contributed by atoms with Crippen molar-refractivity contribution < 1.29 is 14.3 Å². The third kappa shape index (κ3) is 3.14. The van der Waals surface area contributed by atoms with E-state index in [1.54, 1.807) is 0 Å². The van der Waals surface area contributed by atoms with Gasteiger partial charge < -0.3 is 18.9 Å². The van der Waals surface area contributed by atoms with Crippen molar-refractivity contribution in [1.82, 2.24) is 4.57 Å². The van der Waals surface area contributed by atoms with E-state index >= 15 is 0 Å². The summed E-state index contributed by atoms with van der Waals surface area (Å²) in [6.07, 6.45) is 1.99. The van der Waals surface area contributed by atoms with Gasteiger partial charge in [-0.05, 0) is 17.7 Å². The predicted molar refractivity (Wildman–Crippen MR) is 92.9 cm³/mol. The Labute approximate surface area is 143 Å². The summed E-state index contributed by atoms with van der Waals surface area (Å²) in [7, 11) is 3.29. The van der Waals surface area contributed by atoms with E-state index in [1.807, 2.05) is 42.1 Å². The van der Waals surface area contributed by atoms with E-state index in [0.29, 0.717) is 18.9 Å². The van der Waals surface area contributed by atoms with E-state index in [-0.39, 0.29) is 5.97 Å². The summed E-state index contributed by atoms with van der Waals surface area (Å²) >= 11 is 3.46. The average molecular weight is 379 g/mol. The van der Waals surface area contributed by atoms with Gasteiger partial charge in [0.1, 0.15) is 0 Å². The van der Waals surface area contributed by atoms with E-state index in [9.17, 15) is 4.79 Å². The number of nitrogens with zero attached hydrogens (tertiary/aromatic N) is 2. The van der Waals surface area contributed by atoms with Gasteiger partial charge in [0.25, 0.3) is 0 Å². The second kappa shape index (κ2) is 6.76. The zero-order valence-electron chi connectivity index (χ0n) is 13.2. The largest absolute Gasteiger partial charge is 0.464 e. The third-order valence-corrected chi connectivity index (χ3v) is 4.54. The number of hydrogen-bond donors (Lipinski definition) is 0. The molecule has 1 saturated heterocycles. The molecule has 0 spiro atoms. The number of aromatic nitrogens is 1. The van der Waals surface area contributed by atoms with E-state index in [4.69, 9.17) is 9.47 Å². The summed E-state index contributed by atoms with van der Waals surface area (Å²) in [5.41, 5.74) is 3.60. The van der Waals surface area contributed by atoms with Gasteiger partial charge in [-0.2, -0.15) is 0 Å². The lowest BCUT2D eigenvalue weighted by Crippen LogP contribution is -2.37. The van der Waals surface area contributed by atoms with E-state index in [0.717, 1.165) is 34.4 Å². The van der Waals surface area contributed by atoms with Crippen molar-refractivity contribution in [2.75, 3.05) is 38.3 Å². The molecule has 1 fully saturated rings. The number of methoxy groups -OCH3 is 1. The lowest BCUT2D eigenvalue weighted by molar-refractivity contribution is 0.0589. The summed E-state index contributed by atoms with van der Waals surface area (Å²) in [6, 6.07) is 8.10. The number of hydrogen-bond acceptors (Lipinski definition) is 4. The first kappa shape index (κ1) is 16.1. The summed E-state index contributed by atoms with van der Waals surface area (Å²) in [6.45, 7) is 2.85. The van der Waals surface area contributed by atoms with Gasteiger partial charge in [0.05, 0.1) is 26.0 Å². The van der Waals surface area contributed by atoms with Crippen molar-refractivity contribution >= 4 is 27.6 Å². The van der Waals surface area contributed by atoms with Crippen molar-refractivity contribution in [2.24, 2.45) is 7.05 Å². The van der Waals surface area contributed by atoms with Crippen LogP contribution < -0.4 is 4.90 Å². The molecule has 2 aromatic rings. The molecule has 3 rings (SSSR count). The molecule has 0 amide bonds. The highest BCUT2D eigenvalue weighted by Gasteiger charge is 2.27. The van der Waals surface area contributed by atoms with Crippen LogP contribution in [0.25, 0.3) is 11.1 Å². The fourth-order valence-corrected chi connectivity index (χ4v) is 3.16. The lowest BCUT2D eigenvalue weighted by atomic mass is 10.1. The number of morpholine rings is 1. The number of carbonyl (C=O) groups excluding carboxylic acids is 1. The molecule has 1 aliphatic rings. The molecule has 0 atom stereocenters. The molecule has 122 valence electrons. The van der Waals surface area contributed by atoms with Crippen molar-refractivity contribution in [3.8, 4) is 11.1 Å². The molecule has 0 aliphatic carbocycles. The van der Waals surface area contributed by atoms with Gasteiger partial charge in [-0.3, -0.25) is 0 Å². The number of esters is 1. The minimum atomic E-state index is -0.322. The third-order valence-electron chi connectivity index (χ3n) is 4.02. The van der Waals surface area contributed by atoms with Gasteiger partial charge in [0, 0.05) is 36.4 Å². The quantitative estimate of drug-likeness (QED) is 0.769. The molecule has 23 heavy (non-hydrogen) atoms. The zero-order chi connectivity index (χ0) is 16.4. The number of ether oxygens (including phenoxy) is 2. The standard InChI is InChI=1S/C17H19BrN2O3/c1-19-11-14(12-3-5-13(18)6-4-12)15(16(19)17(21)22-2)20-7-9-23-10-8-20/h3-6,11H,7-10H2,1-2H3. The van der Waals surface area contributed by atoms with Gasteiger partial charge in [0.2, 0.25) is 0 Å². The number of benzene rings is 1. The van der Waals surface area contributed by atoms with Gasteiger partial charge in [0.15, 0.2) is 5.69 Å². The molecule has 6 heteroatoms. The second-order valence-corrected chi connectivity index (χ2v) is 6.36. The Bertz CT molecular complexity index is 703. The van der Waals surface area contributed by atoms with Crippen LogP contribution in [0, 0.1) is 0 Å². The minimum absolute atomic E-state index is 0.322. The van der Waals surface area contributed by atoms with Gasteiger partial charge >= 0.3 is 5.97 Å². The van der Waals surface area contributed by atoms with Gasteiger partial charge in [-0.1, -0.05) is 28.1 Å². The smallest absolute Gasteiger partial charge is 0.356 e. The van der Waals surface area contributed by atoms with Crippen LogP contribution in [0.2, 0.25) is 0 Å². The zero-order valence-corrected chi connectivity index (χ0v) is 14.8. The summed E-state index contributed by atoms with van der Waals surface area (Å²) in [4.78, 5) is 14.5. The summed E-state index contributed by atoms with van der Waals surface area (Å²) in [5, 5.41) is 0. The maximum Gasteiger partial charge on any atom is 0.356 e. The lowest BCUT2D eigenvalue weighted by Gasteiger charge is -2.30. The van der Waals surface area contributed by atoms with Crippen molar-refractivity contribution in [3.63, 3.8) is 0 Å². The molecule has 0 N–H and O–H groups in total. The van der Waals surface area contributed by atoms with Crippen LogP contribution in [0.5, 0.6) is 0 Å². The highest BCUT2D eigenvalue weighted by molar-refractivity contribution is 9.10. The molecule has 1 aromatic carbocycles. The SMILES string of the molecule is COC(=O)c1c(N2CCOCC2)c(-c2ccc(Br)cc2)cn1C. The molecule has 1 aliphatic heterocycles. The van der Waals surface area contributed by atoms with Crippen LogP contribution in [0.4, 0.5) is 5.69 Å². The fraction of sp³-hybridized carbons (Fsp3) is 0.353. The monoisotopic (exact) mass is 378 g/mol. The fourth-order valence-electron chi connectivity index (χ4n) is 2.90. The molecule has 0 bridgehead atoms. The Kier molecular flexibility index (Phi) is 4.73. The number of carbonyl (C=O) groups is 1. The Morgan fingerprint density at radius 3 is 2.48 bits per heavy atom. The Hall–Kier alpha value is -1.79. The van der Waals surface area contributed by atoms with E-state index < -0.39 is 0 Å². The molecule has 0 saturated carbocycles. The average Bonchev–Trinajstić information content (AvgIpc) is 2.93. The second-order valence-electron chi connectivity index (χ2n) is 5.45. The van der Waals surface area contributed by atoms with Crippen LogP contribution in [-0.4, -0.2) is 43.9 Å². The summed E-state index contributed by atoms with van der Waals surface area (Å²) < 4.78 is 13.3. The van der Waals surface area contributed by atoms with Crippen LogP contribution in [-0.2, 0) is 16.5 Å². The number of anilines is 1. The number of halogens is 1. The molecule has 5 nitrogen and oxygen atoms in total. The molecular weight excluding hydrogens is 360 g/mol. The Morgan fingerprint density at radius 1 is 1.22 bits per heavy atom. The maximum absolute atomic E-state index is 12.3. The summed E-state index contributed by atoms with van der Waals surface area (Å²) in [5.74, 6) is -0.322. The van der Waals surface area contributed by atoms with Crippen LogP contribution in [0.1, 0.15) is 10.5 Å². The highest BCUT2D eigenvalue weighted by atomic mass is 79.9. The molecule has 1 aromatic heterocycles. The molecule has 0 radical (unpaired) electrons. The van der Waals surface area contributed by atoms with Crippen LogP contribution in [0.15, 0.2) is 34.9 Å². The topological polar surface area (TPSA) is 43.7 Å². The molecule has 0 unspecified atom stereocenters. The van der Waals surface area contributed by atoms with Gasteiger partial charge in [-0.15, -0.1) is 0 Å². The van der Waals surface area contributed by atoms with Crippen molar-refractivity contribution in [3.05, 3.63) is 40.6 Å². The first-order chi connectivity index (χ1) is 11.1. The first-order valence-electron chi connectivity index (χ1n) is 7.48. The predicted octanol–water partition coefficient (Wildman–Crippen LogP) is 3.08. The minimum Gasteiger partial charge on any atom is -0.464 e. The molecular formula is C17H19BrN2O3. The Balaban J connectivity index is 2.14. The Morgan fingerprint density at radius 2 is 1.87 bits per heavy atom. The number of rotatable bonds is 3. The first-order valence-corrected chi connectivity index (χ1v) is 8.27.